The van der Waals surface area contributed by atoms with Crippen molar-refractivity contribution < 1.29 is 9.59 Å². The number of Topliss-reactive ketones (excluding diaryl/α,β-unsaturated/α-hetero) is 2. The molecule has 0 heterocycles. The van der Waals surface area contributed by atoms with Gasteiger partial charge in [0.15, 0.2) is 0 Å². The third-order valence-electron chi connectivity index (χ3n) is 2.70. The first-order valence-corrected chi connectivity index (χ1v) is 5.18. The van der Waals surface area contributed by atoms with E-state index in [-0.39, 0.29) is 23.9 Å². The first-order chi connectivity index (χ1) is 6.13. The van der Waals surface area contributed by atoms with Gasteiger partial charge in [-0.25, -0.2) is 0 Å². The quantitative estimate of drug-likeness (QED) is 0.591. The van der Waals surface area contributed by atoms with Crippen LogP contribution in [-0.4, -0.2) is 11.6 Å². The molecule has 1 atom stereocenters. The molecule has 1 fully saturated rings. The Labute approximate surface area is 79.7 Å². The number of carbonyl (C=O) groups excluding carboxylic acids is 2. The molecule has 2 nitrogen and oxygen atoms in total. The largest absolute Gasteiger partial charge is 0.299 e. The fourth-order valence-electron chi connectivity index (χ4n) is 1.48. The van der Waals surface area contributed by atoms with Gasteiger partial charge in [-0.05, 0) is 12.3 Å². The molecule has 0 aliphatic heterocycles. The zero-order valence-electron chi connectivity index (χ0n) is 8.51. The molecule has 1 rings (SSSR count). The summed E-state index contributed by atoms with van der Waals surface area (Å²) in [6.45, 7) is 3.75. The standard InChI is InChI=1S/C11H18O2/c1-3-10(12)7-11(13)8(2)6-9-4-5-9/h8-9H,3-7H2,1-2H3. The summed E-state index contributed by atoms with van der Waals surface area (Å²) in [7, 11) is 0. The van der Waals surface area contributed by atoms with Crippen LogP contribution < -0.4 is 0 Å². The summed E-state index contributed by atoms with van der Waals surface area (Å²) in [5.74, 6) is 1.09. The third-order valence-corrected chi connectivity index (χ3v) is 2.70. The number of hydrogen-bond donors (Lipinski definition) is 0. The second-order valence-electron chi connectivity index (χ2n) is 4.12. The van der Waals surface area contributed by atoms with E-state index in [9.17, 15) is 9.59 Å². The highest BCUT2D eigenvalue weighted by atomic mass is 16.1. The predicted molar refractivity (Wildman–Crippen MR) is 51.4 cm³/mol. The normalized spacial score (nSPS) is 18.3. The van der Waals surface area contributed by atoms with Gasteiger partial charge in [-0.1, -0.05) is 26.7 Å². The SMILES string of the molecule is CCC(=O)CC(=O)C(C)CC1CC1. The van der Waals surface area contributed by atoms with Crippen LogP contribution >= 0.6 is 0 Å². The fraction of sp³-hybridized carbons (Fsp3) is 0.818. The van der Waals surface area contributed by atoms with Crippen molar-refractivity contribution in [2.45, 2.75) is 46.0 Å². The molecule has 74 valence electrons. The van der Waals surface area contributed by atoms with E-state index in [1.165, 1.54) is 12.8 Å². The molecule has 0 aromatic carbocycles. The van der Waals surface area contributed by atoms with Gasteiger partial charge in [0.05, 0.1) is 6.42 Å². The maximum absolute atomic E-state index is 11.5. The van der Waals surface area contributed by atoms with Crippen molar-refractivity contribution in [2.24, 2.45) is 11.8 Å². The van der Waals surface area contributed by atoms with Crippen molar-refractivity contribution in [2.75, 3.05) is 0 Å². The summed E-state index contributed by atoms with van der Waals surface area (Å²) in [5.41, 5.74) is 0. The van der Waals surface area contributed by atoms with Crippen LogP contribution in [0.3, 0.4) is 0 Å². The Morgan fingerprint density at radius 3 is 2.46 bits per heavy atom. The van der Waals surface area contributed by atoms with Crippen molar-refractivity contribution in [1.29, 1.82) is 0 Å². The van der Waals surface area contributed by atoms with Crippen molar-refractivity contribution in [1.82, 2.24) is 0 Å². The Morgan fingerprint density at radius 1 is 1.38 bits per heavy atom. The van der Waals surface area contributed by atoms with Crippen LogP contribution in [0.2, 0.25) is 0 Å². The Hall–Kier alpha value is -0.660. The van der Waals surface area contributed by atoms with Gasteiger partial charge in [-0.3, -0.25) is 9.59 Å². The number of hydrogen-bond acceptors (Lipinski definition) is 2. The summed E-state index contributed by atoms with van der Waals surface area (Å²) in [6.07, 6.45) is 4.20. The van der Waals surface area contributed by atoms with Crippen molar-refractivity contribution >= 4 is 11.6 Å². The van der Waals surface area contributed by atoms with Crippen molar-refractivity contribution in [3.8, 4) is 0 Å². The summed E-state index contributed by atoms with van der Waals surface area (Å²) in [6, 6.07) is 0. The fourth-order valence-corrected chi connectivity index (χ4v) is 1.48. The number of carbonyl (C=O) groups is 2. The molecule has 1 unspecified atom stereocenters. The van der Waals surface area contributed by atoms with E-state index in [0.717, 1.165) is 12.3 Å². The zero-order valence-corrected chi connectivity index (χ0v) is 8.51. The van der Waals surface area contributed by atoms with Crippen LogP contribution in [0.25, 0.3) is 0 Å². The zero-order chi connectivity index (χ0) is 9.84. The maximum atomic E-state index is 11.5. The molecular weight excluding hydrogens is 164 g/mol. The molecular formula is C11H18O2. The predicted octanol–water partition coefficient (Wildman–Crippen LogP) is 2.36. The highest BCUT2D eigenvalue weighted by Crippen LogP contribution is 2.35. The van der Waals surface area contributed by atoms with Crippen LogP contribution in [0.4, 0.5) is 0 Å². The Kier molecular flexibility index (Phi) is 3.64. The van der Waals surface area contributed by atoms with E-state index in [4.69, 9.17) is 0 Å². The highest BCUT2D eigenvalue weighted by Gasteiger charge is 2.26. The third kappa shape index (κ3) is 3.71. The number of ketones is 2. The van der Waals surface area contributed by atoms with E-state index in [0.29, 0.717) is 6.42 Å². The molecule has 1 aliphatic carbocycles. The number of rotatable bonds is 6. The minimum Gasteiger partial charge on any atom is -0.299 e. The molecule has 0 saturated heterocycles. The van der Waals surface area contributed by atoms with E-state index in [1.807, 2.05) is 6.92 Å². The van der Waals surface area contributed by atoms with Gasteiger partial charge >= 0.3 is 0 Å². The van der Waals surface area contributed by atoms with Crippen LogP contribution in [0.15, 0.2) is 0 Å². The molecule has 0 N–H and O–H groups in total. The summed E-state index contributed by atoms with van der Waals surface area (Å²) >= 11 is 0. The van der Waals surface area contributed by atoms with Gasteiger partial charge in [0, 0.05) is 12.3 Å². The summed E-state index contributed by atoms with van der Waals surface area (Å²) in [5, 5.41) is 0. The minimum absolute atomic E-state index is 0.0765. The molecule has 0 radical (unpaired) electrons. The Bertz CT molecular complexity index is 204. The smallest absolute Gasteiger partial charge is 0.143 e. The monoisotopic (exact) mass is 182 g/mol. The molecule has 1 aliphatic rings. The van der Waals surface area contributed by atoms with Gasteiger partial charge in [0.2, 0.25) is 0 Å². The average Bonchev–Trinajstić information content (AvgIpc) is 2.87. The molecule has 0 aromatic rings. The lowest BCUT2D eigenvalue weighted by Crippen LogP contribution is -2.15. The van der Waals surface area contributed by atoms with Gasteiger partial charge in [0.25, 0.3) is 0 Å². The van der Waals surface area contributed by atoms with Gasteiger partial charge < -0.3 is 0 Å². The molecule has 13 heavy (non-hydrogen) atoms. The maximum Gasteiger partial charge on any atom is 0.143 e. The van der Waals surface area contributed by atoms with Gasteiger partial charge in [-0.2, -0.15) is 0 Å². The lowest BCUT2D eigenvalue weighted by atomic mass is 9.96. The first-order valence-electron chi connectivity index (χ1n) is 5.18. The highest BCUT2D eigenvalue weighted by molar-refractivity contribution is 5.99. The first kappa shape index (κ1) is 10.4. The van der Waals surface area contributed by atoms with E-state index in [2.05, 4.69) is 0 Å². The lowest BCUT2D eigenvalue weighted by molar-refractivity contribution is -0.129. The molecule has 0 amide bonds. The molecule has 0 bridgehead atoms. The molecule has 1 saturated carbocycles. The summed E-state index contributed by atoms with van der Waals surface area (Å²) in [4.78, 5) is 22.5. The van der Waals surface area contributed by atoms with Gasteiger partial charge in [0.1, 0.15) is 11.6 Å². The Morgan fingerprint density at radius 2 is 2.00 bits per heavy atom. The van der Waals surface area contributed by atoms with Crippen LogP contribution in [-0.2, 0) is 9.59 Å². The van der Waals surface area contributed by atoms with E-state index < -0.39 is 0 Å². The van der Waals surface area contributed by atoms with Crippen molar-refractivity contribution in [3.05, 3.63) is 0 Å². The molecule has 0 spiro atoms. The van der Waals surface area contributed by atoms with Crippen molar-refractivity contribution in [3.63, 3.8) is 0 Å². The lowest BCUT2D eigenvalue weighted by Gasteiger charge is -2.07. The van der Waals surface area contributed by atoms with Crippen LogP contribution in [0, 0.1) is 11.8 Å². The second-order valence-corrected chi connectivity index (χ2v) is 4.12. The average molecular weight is 182 g/mol. The van der Waals surface area contributed by atoms with Crippen LogP contribution in [0.1, 0.15) is 46.0 Å². The molecule has 0 aromatic heterocycles. The topological polar surface area (TPSA) is 34.1 Å². The van der Waals surface area contributed by atoms with Gasteiger partial charge in [-0.15, -0.1) is 0 Å². The van der Waals surface area contributed by atoms with E-state index in [1.54, 1.807) is 6.92 Å². The minimum atomic E-state index is 0.0765. The van der Waals surface area contributed by atoms with Crippen LogP contribution in [0.5, 0.6) is 0 Å². The van der Waals surface area contributed by atoms with E-state index >= 15 is 0 Å². The summed E-state index contributed by atoms with van der Waals surface area (Å²) < 4.78 is 0. The Balaban J connectivity index is 2.24. The second kappa shape index (κ2) is 4.54. The molecule has 2 heteroatoms.